The molecule has 0 radical (unpaired) electrons. The first kappa shape index (κ1) is 19.2. The van der Waals surface area contributed by atoms with Crippen LogP contribution in [0.15, 0.2) is 42.5 Å². The highest BCUT2D eigenvalue weighted by molar-refractivity contribution is 5.96. The summed E-state index contributed by atoms with van der Waals surface area (Å²) in [6.07, 6.45) is 0.226. The van der Waals surface area contributed by atoms with Gasteiger partial charge in [0, 0.05) is 12.1 Å². The van der Waals surface area contributed by atoms with Gasteiger partial charge in [0.2, 0.25) is 11.8 Å². The molecule has 2 aromatic carbocycles. The number of amides is 3. The summed E-state index contributed by atoms with van der Waals surface area (Å²) >= 11 is 0. The molecule has 0 aromatic heterocycles. The summed E-state index contributed by atoms with van der Waals surface area (Å²) in [5.74, 6) is 0.232. The van der Waals surface area contributed by atoms with Gasteiger partial charge in [0.1, 0.15) is 13.2 Å². The van der Waals surface area contributed by atoms with Crippen LogP contribution >= 0.6 is 0 Å². The van der Waals surface area contributed by atoms with Crippen LogP contribution in [-0.4, -0.2) is 37.5 Å². The lowest BCUT2D eigenvalue weighted by atomic mass is 10.1. The zero-order chi connectivity index (χ0) is 19.9. The molecule has 0 saturated carbocycles. The maximum Gasteiger partial charge on any atom is 0.251 e. The summed E-state index contributed by atoms with van der Waals surface area (Å²) in [7, 11) is 0. The summed E-state index contributed by atoms with van der Waals surface area (Å²) in [6.45, 7) is 1.15. The monoisotopic (exact) mass is 383 g/mol. The predicted octanol–water partition coefficient (Wildman–Crippen LogP) is 0.532. The van der Waals surface area contributed by atoms with Gasteiger partial charge in [0.05, 0.1) is 13.0 Å². The number of benzene rings is 2. The lowest BCUT2D eigenvalue weighted by Crippen LogP contribution is -2.33. The quantitative estimate of drug-likeness (QED) is 0.644. The van der Waals surface area contributed by atoms with Crippen LogP contribution in [0.2, 0.25) is 0 Å². The molecule has 0 atom stereocenters. The van der Waals surface area contributed by atoms with E-state index in [-0.39, 0.29) is 24.8 Å². The molecule has 0 spiro atoms. The van der Waals surface area contributed by atoms with E-state index in [9.17, 15) is 14.4 Å². The Balaban J connectivity index is 1.49. The maximum absolute atomic E-state index is 12.2. The van der Waals surface area contributed by atoms with Gasteiger partial charge < -0.3 is 25.8 Å². The minimum Gasteiger partial charge on any atom is -0.486 e. The zero-order valence-electron chi connectivity index (χ0n) is 15.2. The van der Waals surface area contributed by atoms with Gasteiger partial charge in [0.25, 0.3) is 5.91 Å². The van der Waals surface area contributed by atoms with Gasteiger partial charge in [-0.3, -0.25) is 14.4 Å². The van der Waals surface area contributed by atoms with Crippen molar-refractivity contribution in [3.05, 3.63) is 59.2 Å². The van der Waals surface area contributed by atoms with Crippen LogP contribution in [0.1, 0.15) is 21.5 Å². The van der Waals surface area contributed by atoms with Crippen LogP contribution < -0.4 is 25.8 Å². The second-order valence-corrected chi connectivity index (χ2v) is 6.28. The van der Waals surface area contributed by atoms with Gasteiger partial charge in [-0.1, -0.05) is 18.2 Å². The summed E-state index contributed by atoms with van der Waals surface area (Å²) in [5, 5.41) is 5.26. The van der Waals surface area contributed by atoms with E-state index in [1.807, 2.05) is 12.1 Å². The standard InChI is InChI=1S/C20H21N3O5/c21-18(24)12-23-20(26)15-4-1-13(2-5-15)11-22-19(25)10-14-3-6-16-17(9-14)28-8-7-27-16/h1-6,9H,7-8,10-12H2,(H2,21,24)(H,22,25)(H,23,26). The number of hydrogen-bond donors (Lipinski definition) is 3. The normalized spacial score (nSPS) is 12.1. The molecule has 1 heterocycles. The minimum atomic E-state index is -0.606. The Morgan fingerprint density at radius 1 is 0.893 bits per heavy atom. The van der Waals surface area contributed by atoms with Gasteiger partial charge in [-0.15, -0.1) is 0 Å². The third kappa shape index (κ3) is 5.23. The van der Waals surface area contributed by atoms with Crippen LogP contribution in [-0.2, 0) is 22.6 Å². The van der Waals surface area contributed by atoms with Crippen molar-refractivity contribution in [3.63, 3.8) is 0 Å². The van der Waals surface area contributed by atoms with E-state index in [1.165, 1.54) is 0 Å². The van der Waals surface area contributed by atoms with Crippen molar-refractivity contribution in [1.82, 2.24) is 10.6 Å². The number of rotatable bonds is 7. The molecule has 1 aliphatic rings. The molecule has 0 fully saturated rings. The molecule has 4 N–H and O–H groups in total. The van der Waals surface area contributed by atoms with Crippen molar-refractivity contribution in [2.75, 3.05) is 19.8 Å². The highest BCUT2D eigenvalue weighted by Gasteiger charge is 2.13. The average molecular weight is 383 g/mol. The highest BCUT2D eigenvalue weighted by atomic mass is 16.6. The van der Waals surface area contributed by atoms with E-state index in [2.05, 4.69) is 10.6 Å². The van der Waals surface area contributed by atoms with Crippen molar-refractivity contribution in [1.29, 1.82) is 0 Å². The molecule has 3 amide bonds. The smallest absolute Gasteiger partial charge is 0.251 e. The van der Waals surface area contributed by atoms with E-state index in [1.54, 1.807) is 30.3 Å². The van der Waals surface area contributed by atoms with E-state index < -0.39 is 5.91 Å². The molecule has 0 saturated heterocycles. The number of hydrogen-bond acceptors (Lipinski definition) is 5. The molecule has 2 aromatic rings. The Hall–Kier alpha value is -3.55. The van der Waals surface area contributed by atoms with Crippen molar-refractivity contribution >= 4 is 17.7 Å². The highest BCUT2D eigenvalue weighted by Crippen LogP contribution is 2.30. The number of carbonyl (C=O) groups excluding carboxylic acids is 3. The molecule has 28 heavy (non-hydrogen) atoms. The molecular formula is C20H21N3O5. The van der Waals surface area contributed by atoms with Crippen molar-refractivity contribution in [2.24, 2.45) is 5.73 Å². The fourth-order valence-electron chi connectivity index (χ4n) is 2.69. The van der Waals surface area contributed by atoms with Crippen LogP contribution in [0.5, 0.6) is 11.5 Å². The number of nitrogens with two attached hydrogens (primary N) is 1. The van der Waals surface area contributed by atoms with E-state index >= 15 is 0 Å². The Morgan fingerprint density at radius 2 is 1.57 bits per heavy atom. The van der Waals surface area contributed by atoms with Crippen LogP contribution in [0.4, 0.5) is 0 Å². The minimum absolute atomic E-state index is 0.125. The molecule has 0 aliphatic carbocycles. The summed E-state index contributed by atoms with van der Waals surface area (Å²) in [6, 6.07) is 12.2. The third-order valence-corrected chi connectivity index (χ3v) is 4.10. The van der Waals surface area contributed by atoms with Gasteiger partial charge in [0.15, 0.2) is 11.5 Å². The number of carbonyl (C=O) groups is 3. The van der Waals surface area contributed by atoms with Crippen molar-refractivity contribution < 1.29 is 23.9 Å². The number of ether oxygens (including phenoxy) is 2. The molecule has 3 rings (SSSR count). The van der Waals surface area contributed by atoms with Crippen molar-refractivity contribution in [2.45, 2.75) is 13.0 Å². The second kappa shape index (κ2) is 8.90. The van der Waals surface area contributed by atoms with Gasteiger partial charge in [-0.25, -0.2) is 0 Å². The predicted molar refractivity (Wildman–Crippen MR) is 101 cm³/mol. The first-order valence-electron chi connectivity index (χ1n) is 8.82. The summed E-state index contributed by atoms with van der Waals surface area (Å²) in [4.78, 5) is 34.7. The van der Waals surface area contributed by atoms with Gasteiger partial charge >= 0.3 is 0 Å². The van der Waals surface area contributed by atoms with Crippen LogP contribution in [0.25, 0.3) is 0 Å². The fourth-order valence-corrected chi connectivity index (χ4v) is 2.69. The SMILES string of the molecule is NC(=O)CNC(=O)c1ccc(CNC(=O)Cc2ccc3c(c2)OCCO3)cc1. The van der Waals surface area contributed by atoms with Crippen molar-refractivity contribution in [3.8, 4) is 11.5 Å². The van der Waals surface area contributed by atoms with Gasteiger partial charge in [-0.05, 0) is 35.4 Å². The Bertz CT molecular complexity index is 880. The lowest BCUT2D eigenvalue weighted by molar-refractivity contribution is -0.120. The number of primary amides is 1. The average Bonchev–Trinajstić information content (AvgIpc) is 2.70. The Kier molecular flexibility index (Phi) is 6.11. The fraction of sp³-hybridized carbons (Fsp3) is 0.250. The number of fused-ring (bicyclic) bond motifs is 1. The largest absolute Gasteiger partial charge is 0.486 e. The van der Waals surface area contributed by atoms with Gasteiger partial charge in [-0.2, -0.15) is 0 Å². The molecule has 8 nitrogen and oxygen atoms in total. The molecule has 0 bridgehead atoms. The lowest BCUT2D eigenvalue weighted by Gasteiger charge is -2.18. The molecule has 8 heteroatoms. The molecule has 0 unspecified atom stereocenters. The van der Waals surface area contributed by atoms with Crippen LogP contribution in [0, 0.1) is 0 Å². The maximum atomic E-state index is 12.2. The second-order valence-electron chi connectivity index (χ2n) is 6.28. The topological polar surface area (TPSA) is 120 Å². The number of nitrogens with one attached hydrogen (secondary N) is 2. The van der Waals surface area contributed by atoms with E-state index in [0.717, 1.165) is 11.1 Å². The summed E-state index contributed by atoms with van der Waals surface area (Å²) in [5.41, 5.74) is 7.09. The first-order chi connectivity index (χ1) is 13.5. The third-order valence-electron chi connectivity index (χ3n) is 4.10. The van der Waals surface area contributed by atoms with E-state index in [0.29, 0.717) is 36.8 Å². The summed E-state index contributed by atoms with van der Waals surface area (Å²) < 4.78 is 11.0. The van der Waals surface area contributed by atoms with E-state index in [4.69, 9.17) is 15.2 Å². The molecule has 1 aliphatic heterocycles. The zero-order valence-corrected chi connectivity index (χ0v) is 15.2. The Labute approximate surface area is 162 Å². The Morgan fingerprint density at radius 3 is 2.29 bits per heavy atom. The first-order valence-corrected chi connectivity index (χ1v) is 8.82. The van der Waals surface area contributed by atoms with Crippen LogP contribution in [0.3, 0.4) is 0 Å². The molecular weight excluding hydrogens is 362 g/mol. The molecule has 146 valence electrons.